The van der Waals surface area contributed by atoms with Gasteiger partial charge in [0, 0.05) is 34.8 Å². The molecule has 1 atom stereocenters. The second-order valence-electron chi connectivity index (χ2n) is 5.83. The van der Waals surface area contributed by atoms with E-state index < -0.39 is 18.2 Å². The van der Waals surface area contributed by atoms with Crippen LogP contribution in [0.1, 0.15) is 17.5 Å². The molecular weight excluding hydrogens is 491 g/mol. The monoisotopic (exact) mass is 500 g/mol. The number of rotatable bonds is 3. The van der Waals surface area contributed by atoms with Gasteiger partial charge in [-0.2, -0.15) is 13.2 Å². The average molecular weight is 503 g/mol. The maximum Gasteiger partial charge on any atom is 0.435 e. The molecule has 0 fully saturated rings. The van der Waals surface area contributed by atoms with Crippen LogP contribution in [-0.4, -0.2) is 18.9 Å². The average Bonchev–Trinajstić information content (AvgIpc) is 3.06. The minimum absolute atomic E-state index is 0.0230. The maximum atomic E-state index is 14.0. The highest BCUT2D eigenvalue weighted by Gasteiger charge is 2.62. The smallest absolute Gasteiger partial charge is 0.387 e. The fourth-order valence-electron chi connectivity index (χ4n) is 2.74. The molecule has 2 aromatic carbocycles. The molecule has 0 bridgehead atoms. The summed E-state index contributed by atoms with van der Waals surface area (Å²) in [5.41, 5.74) is -1.61. The van der Waals surface area contributed by atoms with Crippen LogP contribution in [0.2, 0.25) is 15.1 Å². The highest BCUT2D eigenvalue weighted by atomic mass is 79.9. The molecular formula is C17H11BrCl3F3N2O. The van der Waals surface area contributed by atoms with Crippen LogP contribution in [0.3, 0.4) is 0 Å². The molecule has 0 spiro atoms. The van der Waals surface area contributed by atoms with E-state index in [1.165, 1.54) is 0 Å². The molecule has 2 aromatic rings. The van der Waals surface area contributed by atoms with Crippen molar-refractivity contribution in [3.63, 3.8) is 0 Å². The van der Waals surface area contributed by atoms with Crippen LogP contribution in [0.4, 0.5) is 18.9 Å². The Balaban J connectivity index is 2.06. The summed E-state index contributed by atoms with van der Waals surface area (Å²) in [5.74, 6) is 0. The third-order valence-electron chi connectivity index (χ3n) is 4.21. The summed E-state index contributed by atoms with van der Waals surface area (Å²) in [7, 11) is 1.70. The zero-order chi connectivity index (χ0) is 20.0. The first-order valence-electron chi connectivity index (χ1n) is 7.53. The quantitative estimate of drug-likeness (QED) is 0.457. The first-order valence-corrected chi connectivity index (χ1v) is 9.46. The van der Waals surface area contributed by atoms with E-state index in [4.69, 9.17) is 39.6 Å². The lowest BCUT2D eigenvalue weighted by Gasteiger charge is -2.30. The molecule has 0 radical (unpaired) electrons. The van der Waals surface area contributed by atoms with Gasteiger partial charge in [0.15, 0.2) is 0 Å². The van der Waals surface area contributed by atoms with Crippen LogP contribution in [0.15, 0.2) is 40.0 Å². The molecule has 3 nitrogen and oxygen atoms in total. The van der Waals surface area contributed by atoms with Gasteiger partial charge in [-0.05, 0) is 40.2 Å². The molecule has 0 amide bonds. The van der Waals surface area contributed by atoms with Crippen LogP contribution in [0.25, 0.3) is 0 Å². The van der Waals surface area contributed by atoms with Crippen molar-refractivity contribution in [2.24, 2.45) is 5.16 Å². The second kappa shape index (κ2) is 7.35. The zero-order valence-electron chi connectivity index (χ0n) is 13.6. The highest BCUT2D eigenvalue weighted by molar-refractivity contribution is 9.10. The van der Waals surface area contributed by atoms with Crippen molar-refractivity contribution in [1.29, 1.82) is 0 Å². The minimum atomic E-state index is -4.76. The standard InChI is InChI=1S/C17H11BrCl3F3N2O/c1-25-13-4-8(2-3-10(13)18)14-7-16(27-26-14,17(22,23)24)9-5-11(19)15(21)12(20)6-9/h2-6,25H,7H2,1H3. The second-order valence-corrected chi connectivity index (χ2v) is 7.88. The van der Waals surface area contributed by atoms with Gasteiger partial charge < -0.3 is 10.2 Å². The number of benzene rings is 2. The normalized spacial score (nSPS) is 19.6. The Morgan fingerprint density at radius 2 is 1.78 bits per heavy atom. The molecule has 10 heteroatoms. The summed E-state index contributed by atoms with van der Waals surface area (Å²) in [6, 6.07) is 7.25. The van der Waals surface area contributed by atoms with Crippen LogP contribution >= 0.6 is 50.7 Å². The van der Waals surface area contributed by atoms with Crippen molar-refractivity contribution in [3.05, 3.63) is 61.0 Å². The van der Waals surface area contributed by atoms with Crippen LogP contribution in [0.5, 0.6) is 0 Å². The third kappa shape index (κ3) is 3.62. The van der Waals surface area contributed by atoms with Gasteiger partial charge in [0.25, 0.3) is 5.60 Å². The molecule has 0 aliphatic carbocycles. The van der Waals surface area contributed by atoms with Crippen LogP contribution in [0, 0.1) is 0 Å². The number of hydrogen-bond acceptors (Lipinski definition) is 3. The van der Waals surface area contributed by atoms with Crippen molar-refractivity contribution in [1.82, 2.24) is 0 Å². The fourth-order valence-corrected chi connectivity index (χ4v) is 3.78. The fraction of sp³-hybridized carbons (Fsp3) is 0.235. The number of alkyl halides is 3. The summed E-state index contributed by atoms with van der Waals surface area (Å²) in [6.45, 7) is 0. The molecule has 1 aliphatic heterocycles. The summed E-state index contributed by atoms with van der Waals surface area (Å²) in [5, 5.41) is 6.46. The number of oxime groups is 1. The number of nitrogens with zero attached hydrogens (tertiary/aromatic N) is 1. The number of hydrogen-bond donors (Lipinski definition) is 1. The van der Waals surface area contributed by atoms with Gasteiger partial charge in [-0.15, -0.1) is 0 Å². The van der Waals surface area contributed by atoms with Crippen molar-refractivity contribution in [2.75, 3.05) is 12.4 Å². The van der Waals surface area contributed by atoms with Crippen molar-refractivity contribution < 1.29 is 18.0 Å². The van der Waals surface area contributed by atoms with Gasteiger partial charge in [0.2, 0.25) is 0 Å². The first-order chi connectivity index (χ1) is 12.6. The van der Waals surface area contributed by atoms with Gasteiger partial charge in [-0.25, -0.2) is 0 Å². The van der Waals surface area contributed by atoms with E-state index in [-0.39, 0.29) is 26.3 Å². The van der Waals surface area contributed by atoms with Gasteiger partial charge >= 0.3 is 6.18 Å². The molecule has 144 valence electrons. The topological polar surface area (TPSA) is 33.6 Å². The lowest BCUT2D eigenvalue weighted by atomic mass is 9.86. The van der Waals surface area contributed by atoms with E-state index in [2.05, 4.69) is 26.4 Å². The molecule has 0 aromatic heterocycles. The predicted molar refractivity (Wildman–Crippen MR) is 105 cm³/mol. The zero-order valence-corrected chi connectivity index (χ0v) is 17.4. The third-order valence-corrected chi connectivity index (χ3v) is 6.09. The van der Waals surface area contributed by atoms with Crippen molar-refractivity contribution >= 4 is 62.1 Å². The van der Waals surface area contributed by atoms with Crippen LogP contribution < -0.4 is 5.32 Å². The Bertz CT molecular complexity index is 913. The largest absolute Gasteiger partial charge is 0.435 e. The SMILES string of the molecule is CNc1cc(C2=NOC(c3cc(Cl)c(Cl)c(Cl)c3)(C(F)(F)F)C2)ccc1Br. The van der Waals surface area contributed by atoms with E-state index >= 15 is 0 Å². The summed E-state index contributed by atoms with van der Waals surface area (Å²) in [6.07, 6.45) is -5.30. The lowest BCUT2D eigenvalue weighted by molar-refractivity contribution is -0.275. The maximum absolute atomic E-state index is 14.0. The molecule has 1 unspecified atom stereocenters. The molecule has 1 heterocycles. The van der Waals surface area contributed by atoms with E-state index in [9.17, 15) is 13.2 Å². The van der Waals surface area contributed by atoms with Gasteiger partial charge in [0.05, 0.1) is 20.8 Å². The van der Waals surface area contributed by atoms with Gasteiger partial charge in [-0.1, -0.05) is 46.0 Å². The summed E-state index contributed by atoms with van der Waals surface area (Å²) >= 11 is 21.1. The summed E-state index contributed by atoms with van der Waals surface area (Å²) < 4.78 is 42.9. The van der Waals surface area contributed by atoms with E-state index in [1.54, 1.807) is 25.2 Å². The molecule has 0 saturated carbocycles. The molecule has 1 N–H and O–H groups in total. The van der Waals surface area contributed by atoms with Crippen molar-refractivity contribution in [3.8, 4) is 0 Å². The molecule has 0 saturated heterocycles. The first kappa shape index (κ1) is 20.6. The van der Waals surface area contributed by atoms with Crippen molar-refractivity contribution in [2.45, 2.75) is 18.2 Å². The van der Waals surface area contributed by atoms with Gasteiger partial charge in [0.1, 0.15) is 0 Å². The molecule has 3 rings (SSSR count). The lowest BCUT2D eigenvalue weighted by Crippen LogP contribution is -2.42. The van der Waals surface area contributed by atoms with Gasteiger partial charge in [-0.3, -0.25) is 0 Å². The Kier molecular flexibility index (Phi) is 5.60. The van der Waals surface area contributed by atoms with E-state index in [0.29, 0.717) is 11.3 Å². The number of halogens is 7. The minimum Gasteiger partial charge on any atom is -0.387 e. The molecule has 27 heavy (non-hydrogen) atoms. The van der Waals surface area contributed by atoms with E-state index in [1.807, 2.05) is 0 Å². The highest BCUT2D eigenvalue weighted by Crippen LogP contribution is 2.50. The Morgan fingerprint density at radius 3 is 2.33 bits per heavy atom. The molecule has 1 aliphatic rings. The Hall–Kier alpha value is -1.15. The number of nitrogens with one attached hydrogen (secondary N) is 1. The van der Waals surface area contributed by atoms with Crippen LogP contribution in [-0.2, 0) is 10.4 Å². The van der Waals surface area contributed by atoms with E-state index in [0.717, 1.165) is 16.6 Å². The Morgan fingerprint density at radius 1 is 1.15 bits per heavy atom. The summed E-state index contributed by atoms with van der Waals surface area (Å²) in [4.78, 5) is 4.98. The Labute approximate surface area is 176 Å². The number of anilines is 1. The predicted octanol–water partition coefficient (Wildman–Crippen LogP) is 7.03.